The summed E-state index contributed by atoms with van der Waals surface area (Å²) in [7, 11) is 1.64. The summed E-state index contributed by atoms with van der Waals surface area (Å²) in [5.41, 5.74) is 1.64. The first kappa shape index (κ1) is 18.8. The third kappa shape index (κ3) is 4.73. The lowest BCUT2D eigenvalue weighted by Gasteiger charge is -2.18. The number of nitrogens with zero attached hydrogens (tertiary/aromatic N) is 2. The SMILES string of the molecule is CSc1ccc(Oc2ccc([N+](=O)[O-])cc2CN(C)C(C)=O)cc1C. The molecule has 2 aromatic rings. The van der Waals surface area contributed by atoms with Gasteiger partial charge in [-0.05, 0) is 43.0 Å². The van der Waals surface area contributed by atoms with E-state index in [0.29, 0.717) is 17.1 Å². The van der Waals surface area contributed by atoms with Crippen molar-refractivity contribution in [3.63, 3.8) is 0 Å². The van der Waals surface area contributed by atoms with Crippen LogP contribution in [0.5, 0.6) is 11.5 Å². The molecule has 6 nitrogen and oxygen atoms in total. The average molecular weight is 360 g/mol. The lowest BCUT2D eigenvalue weighted by molar-refractivity contribution is -0.384. The van der Waals surface area contributed by atoms with Gasteiger partial charge in [0.25, 0.3) is 5.69 Å². The number of amides is 1. The molecule has 0 fully saturated rings. The predicted octanol–water partition coefficient (Wildman–Crippen LogP) is 4.40. The fraction of sp³-hybridized carbons (Fsp3) is 0.278. The predicted molar refractivity (Wildman–Crippen MR) is 98.3 cm³/mol. The molecule has 132 valence electrons. The molecular formula is C18H20N2O4S. The summed E-state index contributed by atoms with van der Waals surface area (Å²) in [6.45, 7) is 3.68. The van der Waals surface area contributed by atoms with Crippen LogP contribution in [-0.4, -0.2) is 29.0 Å². The molecule has 0 saturated heterocycles. The van der Waals surface area contributed by atoms with Crippen LogP contribution in [0, 0.1) is 17.0 Å². The highest BCUT2D eigenvalue weighted by Gasteiger charge is 2.15. The van der Waals surface area contributed by atoms with Crippen LogP contribution >= 0.6 is 11.8 Å². The number of carbonyl (C=O) groups excluding carboxylic acids is 1. The Bertz CT molecular complexity index is 808. The molecule has 0 saturated carbocycles. The van der Waals surface area contributed by atoms with E-state index >= 15 is 0 Å². The van der Waals surface area contributed by atoms with Crippen LogP contribution in [0.15, 0.2) is 41.3 Å². The number of nitro benzene ring substituents is 1. The number of rotatable bonds is 6. The minimum Gasteiger partial charge on any atom is -0.457 e. The molecule has 25 heavy (non-hydrogen) atoms. The second-order valence-electron chi connectivity index (χ2n) is 5.66. The zero-order chi connectivity index (χ0) is 18.6. The van der Waals surface area contributed by atoms with E-state index in [1.807, 2.05) is 31.4 Å². The lowest BCUT2D eigenvalue weighted by atomic mass is 10.1. The van der Waals surface area contributed by atoms with Crippen molar-refractivity contribution in [2.75, 3.05) is 13.3 Å². The standard InChI is InChI=1S/C18H20N2O4S/c1-12-9-16(6-8-18(12)25-4)24-17-7-5-15(20(22)23)10-14(17)11-19(3)13(2)21/h5-10H,11H2,1-4H3. The maximum Gasteiger partial charge on any atom is 0.270 e. The Morgan fingerprint density at radius 1 is 1.28 bits per heavy atom. The minimum atomic E-state index is -0.460. The Hall–Kier alpha value is -2.54. The lowest BCUT2D eigenvalue weighted by Crippen LogP contribution is -2.23. The number of hydrogen-bond donors (Lipinski definition) is 0. The van der Waals surface area contributed by atoms with Gasteiger partial charge >= 0.3 is 0 Å². The van der Waals surface area contributed by atoms with Gasteiger partial charge in [-0.1, -0.05) is 0 Å². The average Bonchev–Trinajstić information content (AvgIpc) is 2.56. The highest BCUT2D eigenvalue weighted by molar-refractivity contribution is 7.98. The first-order valence-electron chi connectivity index (χ1n) is 7.63. The Labute approximate surface area is 150 Å². The smallest absolute Gasteiger partial charge is 0.270 e. The summed E-state index contributed by atoms with van der Waals surface area (Å²) >= 11 is 1.66. The van der Waals surface area contributed by atoms with Crippen LogP contribution in [0.2, 0.25) is 0 Å². The van der Waals surface area contributed by atoms with Crippen molar-refractivity contribution in [3.8, 4) is 11.5 Å². The molecule has 0 bridgehead atoms. The highest BCUT2D eigenvalue weighted by atomic mass is 32.2. The van der Waals surface area contributed by atoms with Crippen molar-refractivity contribution in [1.29, 1.82) is 0 Å². The second kappa shape index (κ2) is 8.02. The zero-order valence-corrected chi connectivity index (χ0v) is 15.4. The molecular weight excluding hydrogens is 340 g/mol. The van der Waals surface area contributed by atoms with Gasteiger partial charge in [-0.2, -0.15) is 0 Å². The van der Waals surface area contributed by atoms with Crippen LogP contribution in [-0.2, 0) is 11.3 Å². The van der Waals surface area contributed by atoms with E-state index in [-0.39, 0.29) is 18.1 Å². The summed E-state index contributed by atoms with van der Waals surface area (Å²) in [4.78, 5) is 24.7. The highest BCUT2D eigenvalue weighted by Crippen LogP contribution is 2.32. The van der Waals surface area contributed by atoms with Gasteiger partial charge in [0.1, 0.15) is 11.5 Å². The van der Waals surface area contributed by atoms with Gasteiger partial charge in [0.2, 0.25) is 5.91 Å². The van der Waals surface area contributed by atoms with Gasteiger partial charge in [0.05, 0.1) is 4.92 Å². The molecule has 0 N–H and O–H groups in total. The molecule has 0 aliphatic heterocycles. The van der Waals surface area contributed by atoms with Crippen LogP contribution in [0.1, 0.15) is 18.1 Å². The van der Waals surface area contributed by atoms with Gasteiger partial charge in [0, 0.05) is 43.1 Å². The Balaban J connectivity index is 2.36. The number of nitro groups is 1. The van der Waals surface area contributed by atoms with E-state index in [1.54, 1.807) is 24.9 Å². The monoisotopic (exact) mass is 360 g/mol. The molecule has 0 aliphatic carbocycles. The normalized spacial score (nSPS) is 10.4. The molecule has 0 unspecified atom stereocenters. The van der Waals surface area contributed by atoms with Crippen molar-refractivity contribution in [2.24, 2.45) is 0 Å². The van der Waals surface area contributed by atoms with E-state index in [4.69, 9.17) is 4.74 Å². The van der Waals surface area contributed by atoms with Crippen LogP contribution in [0.3, 0.4) is 0 Å². The fourth-order valence-electron chi connectivity index (χ4n) is 2.31. The molecule has 7 heteroatoms. The van der Waals surface area contributed by atoms with Gasteiger partial charge in [-0.3, -0.25) is 14.9 Å². The maximum atomic E-state index is 11.5. The van der Waals surface area contributed by atoms with E-state index in [2.05, 4.69) is 0 Å². The minimum absolute atomic E-state index is 0.0341. The summed E-state index contributed by atoms with van der Waals surface area (Å²) in [5.74, 6) is 1.02. The summed E-state index contributed by atoms with van der Waals surface area (Å²) in [6.07, 6.45) is 2.01. The number of benzene rings is 2. The third-order valence-corrected chi connectivity index (χ3v) is 4.69. The molecule has 0 aromatic heterocycles. The van der Waals surface area contributed by atoms with Gasteiger partial charge < -0.3 is 9.64 Å². The van der Waals surface area contributed by atoms with E-state index in [1.165, 1.54) is 24.0 Å². The number of non-ortho nitro benzene ring substituents is 1. The Morgan fingerprint density at radius 2 is 2.00 bits per heavy atom. The number of ether oxygens (including phenoxy) is 1. The first-order valence-corrected chi connectivity index (χ1v) is 8.85. The Kier molecular flexibility index (Phi) is 6.03. The van der Waals surface area contributed by atoms with Gasteiger partial charge in [-0.15, -0.1) is 11.8 Å². The van der Waals surface area contributed by atoms with Crippen molar-refractivity contribution >= 4 is 23.4 Å². The maximum absolute atomic E-state index is 11.5. The zero-order valence-electron chi connectivity index (χ0n) is 14.6. The molecule has 0 heterocycles. The van der Waals surface area contributed by atoms with Crippen LogP contribution in [0.25, 0.3) is 0 Å². The van der Waals surface area contributed by atoms with E-state index in [0.717, 1.165) is 10.5 Å². The number of thioether (sulfide) groups is 1. The molecule has 0 aliphatic rings. The molecule has 1 amide bonds. The molecule has 2 aromatic carbocycles. The van der Waals surface area contributed by atoms with Gasteiger partial charge in [-0.25, -0.2) is 0 Å². The molecule has 0 radical (unpaired) electrons. The molecule has 0 spiro atoms. The Morgan fingerprint density at radius 3 is 2.56 bits per heavy atom. The van der Waals surface area contributed by atoms with Crippen LogP contribution in [0.4, 0.5) is 5.69 Å². The van der Waals surface area contributed by atoms with Crippen molar-refractivity contribution < 1.29 is 14.5 Å². The van der Waals surface area contributed by atoms with Crippen molar-refractivity contribution in [3.05, 3.63) is 57.6 Å². The van der Waals surface area contributed by atoms with Gasteiger partial charge in [0.15, 0.2) is 0 Å². The van der Waals surface area contributed by atoms with Crippen molar-refractivity contribution in [1.82, 2.24) is 4.90 Å². The largest absolute Gasteiger partial charge is 0.457 e. The molecule has 0 atom stereocenters. The topological polar surface area (TPSA) is 72.7 Å². The molecule has 2 rings (SSSR count). The summed E-state index contributed by atoms with van der Waals surface area (Å²) in [5, 5.41) is 11.0. The first-order chi connectivity index (χ1) is 11.8. The van der Waals surface area contributed by atoms with E-state index in [9.17, 15) is 14.9 Å². The second-order valence-corrected chi connectivity index (χ2v) is 6.51. The number of carbonyl (C=O) groups is 1. The summed E-state index contributed by atoms with van der Waals surface area (Å²) in [6, 6.07) is 10.2. The fourth-order valence-corrected chi connectivity index (χ4v) is 2.90. The third-order valence-electron chi connectivity index (χ3n) is 3.79. The summed E-state index contributed by atoms with van der Waals surface area (Å²) < 4.78 is 5.94. The van der Waals surface area contributed by atoms with E-state index < -0.39 is 4.92 Å². The quantitative estimate of drug-likeness (QED) is 0.434. The van der Waals surface area contributed by atoms with Crippen LogP contribution < -0.4 is 4.74 Å². The number of hydrogen-bond acceptors (Lipinski definition) is 5. The number of aryl methyl sites for hydroxylation is 1. The van der Waals surface area contributed by atoms with Crippen molar-refractivity contribution in [2.45, 2.75) is 25.3 Å².